The third kappa shape index (κ3) is 1.88. The minimum Gasteiger partial charge on any atom is -0.198 e. The van der Waals surface area contributed by atoms with Gasteiger partial charge in [0, 0.05) is 23.6 Å². The maximum absolute atomic E-state index is 8.60. The molecule has 0 atom stereocenters. The van der Waals surface area contributed by atoms with Crippen LogP contribution in [0.2, 0.25) is 5.02 Å². The van der Waals surface area contributed by atoms with E-state index in [4.69, 9.17) is 16.9 Å². The molecular weight excluding hydrogens is 329 g/mol. The summed E-state index contributed by atoms with van der Waals surface area (Å²) in [5, 5.41) is 10.6. The Hall–Kier alpha value is -0.310. The SMILES string of the molecule is N#CCc1cc2c(I)cc(Cl)cc2s1. The Morgan fingerprint density at radius 2 is 2.21 bits per heavy atom. The molecule has 0 amide bonds. The van der Waals surface area contributed by atoms with E-state index in [9.17, 15) is 0 Å². The largest absolute Gasteiger partial charge is 0.198 e. The lowest BCUT2D eigenvalue weighted by Gasteiger charge is -1.94. The van der Waals surface area contributed by atoms with Gasteiger partial charge in [-0.15, -0.1) is 11.3 Å². The fourth-order valence-electron chi connectivity index (χ4n) is 1.28. The molecule has 0 unspecified atom stereocenters. The van der Waals surface area contributed by atoms with Gasteiger partial charge in [-0.3, -0.25) is 0 Å². The molecule has 1 nitrogen and oxygen atoms in total. The van der Waals surface area contributed by atoms with Crippen LogP contribution in [-0.2, 0) is 6.42 Å². The van der Waals surface area contributed by atoms with Crippen LogP contribution >= 0.6 is 45.5 Å². The number of fused-ring (bicyclic) bond motifs is 1. The molecule has 2 rings (SSSR count). The number of benzene rings is 1. The first-order chi connectivity index (χ1) is 6.70. The van der Waals surface area contributed by atoms with E-state index in [1.54, 1.807) is 11.3 Å². The monoisotopic (exact) mass is 333 g/mol. The smallest absolute Gasteiger partial charge is 0.0696 e. The Morgan fingerprint density at radius 1 is 1.43 bits per heavy atom. The highest BCUT2D eigenvalue weighted by atomic mass is 127. The average Bonchev–Trinajstić information content (AvgIpc) is 2.48. The van der Waals surface area contributed by atoms with Crippen molar-refractivity contribution in [3.63, 3.8) is 0 Å². The van der Waals surface area contributed by atoms with Crippen molar-refractivity contribution in [2.24, 2.45) is 0 Å². The highest BCUT2D eigenvalue weighted by Crippen LogP contribution is 2.32. The Morgan fingerprint density at radius 3 is 2.93 bits per heavy atom. The van der Waals surface area contributed by atoms with E-state index < -0.39 is 0 Å². The van der Waals surface area contributed by atoms with Gasteiger partial charge < -0.3 is 0 Å². The summed E-state index contributed by atoms with van der Waals surface area (Å²) in [5.41, 5.74) is 0. The molecule has 0 saturated heterocycles. The highest BCUT2D eigenvalue weighted by Gasteiger charge is 2.05. The van der Waals surface area contributed by atoms with Crippen LogP contribution in [0.1, 0.15) is 4.88 Å². The van der Waals surface area contributed by atoms with Crippen molar-refractivity contribution < 1.29 is 0 Å². The van der Waals surface area contributed by atoms with Gasteiger partial charge in [0.2, 0.25) is 0 Å². The molecule has 0 radical (unpaired) electrons. The van der Waals surface area contributed by atoms with Gasteiger partial charge in [0.1, 0.15) is 0 Å². The lowest BCUT2D eigenvalue weighted by Crippen LogP contribution is -1.72. The first-order valence-corrected chi connectivity index (χ1v) is 6.22. The Kier molecular flexibility index (Phi) is 2.96. The summed E-state index contributed by atoms with van der Waals surface area (Å²) < 4.78 is 2.30. The van der Waals surface area contributed by atoms with Crippen molar-refractivity contribution >= 4 is 55.6 Å². The molecule has 0 saturated carbocycles. The molecule has 4 heteroatoms. The van der Waals surface area contributed by atoms with Crippen LogP contribution < -0.4 is 0 Å². The third-order valence-corrected chi connectivity index (χ3v) is 4.05. The number of nitrogens with zero attached hydrogens (tertiary/aromatic N) is 1. The van der Waals surface area contributed by atoms with Gasteiger partial charge in [0.25, 0.3) is 0 Å². The average molecular weight is 334 g/mol. The van der Waals surface area contributed by atoms with Crippen LogP contribution in [0.15, 0.2) is 18.2 Å². The molecule has 0 aliphatic rings. The van der Waals surface area contributed by atoms with Crippen molar-refractivity contribution in [3.8, 4) is 6.07 Å². The molecular formula is C10H5ClINS. The second-order valence-electron chi connectivity index (χ2n) is 2.85. The summed E-state index contributed by atoms with van der Waals surface area (Å²) in [5.74, 6) is 0. The molecule has 0 aliphatic carbocycles. The number of hydrogen-bond donors (Lipinski definition) is 0. The predicted molar refractivity (Wildman–Crippen MR) is 68.9 cm³/mol. The van der Waals surface area contributed by atoms with Gasteiger partial charge in [-0.1, -0.05) is 11.6 Å². The normalized spacial score (nSPS) is 10.4. The van der Waals surface area contributed by atoms with Crippen molar-refractivity contribution in [3.05, 3.63) is 31.7 Å². The van der Waals surface area contributed by atoms with Crippen LogP contribution in [0.3, 0.4) is 0 Å². The fourth-order valence-corrected chi connectivity index (χ4v) is 3.77. The lowest BCUT2D eigenvalue weighted by molar-refractivity contribution is 1.32. The summed E-state index contributed by atoms with van der Waals surface area (Å²) in [6.45, 7) is 0. The number of thiophene rings is 1. The van der Waals surface area contributed by atoms with Gasteiger partial charge in [-0.05, 0) is 40.8 Å². The highest BCUT2D eigenvalue weighted by molar-refractivity contribution is 14.1. The summed E-state index contributed by atoms with van der Waals surface area (Å²) in [4.78, 5) is 1.10. The summed E-state index contributed by atoms with van der Waals surface area (Å²) >= 11 is 9.85. The second kappa shape index (κ2) is 4.05. The van der Waals surface area contributed by atoms with Crippen LogP contribution in [-0.4, -0.2) is 0 Å². The minimum absolute atomic E-state index is 0.479. The first-order valence-electron chi connectivity index (χ1n) is 3.95. The molecule has 2 aromatic rings. The predicted octanol–water partition coefficient (Wildman–Crippen LogP) is 4.23. The topological polar surface area (TPSA) is 23.8 Å². The number of rotatable bonds is 1. The van der Waals surface area contributed by atoms with Crippen molar-refractivity contribution in [1.82, 2.24) is 0 Å². The first kappa shape index (κ1) is 10.2. The van der Waals surface area contributed by atoms with Gasteiger partial charge in [-0.2, -0.15) is 5.26 Å². The van der Waals surface area contributed by atoms with Crippen molar-refractivity contribution in [2.75, 3.05) is 0 Å². The quantitative estimate of drug-likeness (QED) is 0.717. The van der Waals surface area contributed by atoms with E-state index in [-0.39, 0.29) is 0 Å². The van der Waals surface area contributed by atoms with E-state index in [1.807, 2.05) is 12.1 Å². The zero-order valence-electron chi connectivity index (χ0n) is 7.05. The molecule has 0 spiro atoms. The molecule has 1 aromatic carbocycles. The molecule has 0 bridgehead atoms. The second-order valence-corrected chi connectivity index (χ2v) is 5.61. The van der Waals surface area contributed by atoms with Crippen LogP contribution in [0.5, 0.6) is 0 Å². The molecule has 0 N–H and O–H groups in total. The van der Waals surface area contributed by atoms with Crippen molar-refractivity contribution in [2.45, 2.75) is 6.42 Å². The van der Waals surface area contributed by atoms with Gasteiger partial charge in [0.15, 0.2) is 0 Å². The molecule has 70 valence electrons. The maximum atomic E-state index is 8.60. The Labute approximate surface area is 104 Å². The van der Waals surface area contributed by atoms with E-state index >= 15 is 0 Å². The Bertz CT molecular complexity index is 527. The van der Waals surface area contributed by atoms with Crippen LogP contribution in [0.25, 0.3) is 10.1 Å². The van der Waals surface area contributed by atoms with E-state index in [0.717, 1.165) is 18.2 Å². The maximum Gasteiger partial charge on any atom is 0.0696 e. The Balaban J connectivity index is 2.66. The number of halogens is 2. The number of hydrogen-bond acceptors (Lipinski definition) is 2. The van der Waals surface area contributed by atoms with Gasteiger partial charge >= 0.3 is 0 Å². The molecule has 0 aliphatic heterocycles. The zero-order chi connectivity index (χ0) is 10.1. The minimum atomic E-state index is 0.479. The summed E-state index contributed by atoms with van der Waals surface area (Å²) in [6, 6.07) is 8.11. The van der Waals surface area contributed by atoms with Crippen LogP contribution in [0.4, 0.5) is 0 Å². The van der Waals surface area contributed by atoms with Gasteiger partial charge in [-0.25, -0.2) is 0 Å². The summed E-state index contributed by atoms with van der Waals surface area (Å²) in [7, 11) is 0. The molecule has 1 aromatic heterocycles. The zero-order valence-corrected chi connectivity index (χ0v) is 10.8. The summed E-state index contributed by atoms with van der Waals surface area (Å²) in [6.07, 6.45) is 0.479. The molecule has 0 fully saturated rings. The van der Waals surface area contributed by atoms with E-state index in [0.29, 0.717) is 6.42 Å². The van der Waals surface area contributed by atoms with Gasteiger partial charge in [0.05, 0.1) is 12.5 Å². The molecule has 1 heterocycles. The third-order valence-electron chi connectivity index (χ3n) is 1.86. The van der Waals surface area contributed by atoms with E-state index in [2.05, 4.69) is 34.7 Å². The van der Waals surface area contributed by atoms with Crippen molar-refractivity contribution in [1.29, 1.82) is 5.26 Å². The number of nitriles is 1. The van der Waals surface area contributed by atoms with Crippen LogP contribution in [0, 0.1) is 14.9 Å². The molecule has 14 heavy (non-hydrogen) atoms. The lowest BCUT2D eigenvalue weighted by atomic mass is 10.2. The van der Waals surface area contributed by atoms with E-state index in [1.165, 1.54) is 5.39 Å². The standard InChI is InChI=1S/C10H5ClINS/c11-6-3-9(12)8-5-7(1-2-13)14-10(8)4-6/h3-5H,1H2. The fraction of sp³-hybridized carbons (Fsp3) is 0.100.